The number of anilines is 1. The minimum absolute atomic E-state index is 0.127. The molecule has 0 unspecified atom stereocenters. The second-order valence-corrected chi connectivity index (χ2v) is 7.39. The van der Waals surface area contributed by atoms with Gasteiger partial charge in [-0.15, -0.1) is 0 Å². The molecule has 3 atom stereocenters. The first-order valence-corrected chi connectivity index (χ1v) is 9.37. The highest BCUT2D eigenvalue weighted by Crippen LogP contribution is 2.49. The Bertz CT molecular complexity index is 874. The SMILES string of the molecule is O=[N+]([O-])[C@@H]1[C@@H](c2ccccc2)N(c2ccccc2)[C@H]1Sc1ccccc1. The number of para-hydroxylation sites is 1. The summed E-state index contributed by atoms with van der Waals surface area (Å²) < 4.78 is 0. The van der Waals surface area contributed by atoms with E-state index in [-0.39, 0.29) is 16.3 Å². The van der Waals surface area contributed by atoms with Gasteiger partial charge < -0.3 is 4.90 Å². The van der Waals surface area contributed by atoms with Gasteiger partial charge in [-0.05, 0) is 29.8 Å². The van der Waals surface area contributed by atoms with Gasteiger partial charge in [0.25, 0.3) is 6.04 Å². The molecule has 3 aromatic rings. The highest BCUT2D eigenvalue weighted by atomic mass is 32.2. The Kier molecular flexibility index (Phi) is 4.63. The zero-order valence-corrected chi connectivity index (χ0v) is 14.8. The molecule has 4 rings (SSSR count). The predicted octanol–water partition coefficient (Wildman–Crippen LogP) is 5.01. The molecule has 5 heteroatoms. The largest absolute Gasteiger partial charge is 0.339 e. The molecule has 0 aliphatic carbocycles. The molecule has 130 valence electrons. The summed E-state index contributed by atoms with van der Waals surface area (Å²) in [6.45, 7) is 0. The molecular weight excluding hydrogens is 344 g/mol. The molecule has 1 aliphatic heterocycles. The van der Waals surface area contributed by atoms with Crippen LogP contribution in [0.3, 0.4) is 0 Å². The Labute approximate surface area is 156 Å². The third-order valence-electron chi connectivity index (χ3n) is 4.63. The molecule has 3 aromatic carbocycles. The Balaban J connectivity index is 1.74. The number of nitrogens with zero attached hydrogens (tertiary/aromatic N) is 2. The molecule has 0 aromatic heterocycles. The van der Waals surface area contributed by atoms with Gasteiger partial charge in [0.05, 0.1) is 0 Å². The molecule has 4 nitrogen and oxygen atoms in total. The first kappa shape index (κ1) is 16.7. The van der Waals surface area contributed by atoms with Gasteiger partial charge in [0.2, 0.25) is 0 Å². The Hall–Kier alpha value is -2.79. The van der Waals surface area contributed by atoms with Crippen molar-refractivity contribution in [3.63, 3.8) is 0 Å². The molecule has 26 heavy (non-hydrogen) atoms. The molecule has 0 amide bonds. The Morgan fingerprint density at radius 3 is 1.92 bits per heavy atom. The standard InChI is InChI=1S/C21H18N2O2S/c24-23(25)20-19(16-10-4-1-5-11-16)22(17-12-6-2-7-13-17)21(20)26-18-14-8-3-9-15-18/h1-15,19-21H/t19-,20-,21+/m1/s1. The van der Waals surface area contributed by atoms with Gasteiger partial charge >= 0.3 is 0 Å². The summed E-state index contributed by atoms with van der Waals surface area (Å²) in [5.74, 6) is 0. The lowest BCUT2D eigenvalue weighted by atomic mass is 9.88. The fraction of sp³-hybridized carbons (Fsp3) is 0.143. The third kappa shape index (κ3) is 3.06. The van der Waals surface area contributed by atoms with Gasteiger partial charge in [0, 0.05) is 15.5 Å². The van der Waals surface area contributed by atoms with E-state index in [1.54, 1.807) is 11.8 Å². The van der Waals surface area contributed by atoms with Crippen molar-refractivity contribution in [1.82, 2.24) is 0 Å². The molecule has 0 saturated carbocycles. The normalized spacial score (nSPS) is 21.8. The summed E-state index contributed by atoms with van der Waals surface area (Å²) in [6, 6.07) is 28.7. The fourth-order valence-corrected chi connectivity index (χ4v) is 4.79. The summed E-state index contributed by atoms with van der Waals surface area (Å²) in [5, 5.41) is 11.7. The van der Waals surface area contributed by atoms with E-state index in [9.17, 15) is 10.1 Å². The number of benzene rings is 3. The second-order valence-electron chi connectivity index (χ2n) is 6.20. The van der Waals surface area contributed by atoms with Crippen LogP contribution in [0.25, 0.3) is 0 Å². The smallest absolute Gasteiger partial charge is 0.266 e. The lowest BCUT2D eigenvalue weighted by Crippen LogP contribution is -2.63. The molecule has 0 bridgehead atoms. The van der Waals surface area contributed by atoms with E-state index in [4.69, 9.17) is 0 Å². The number of nitro groups is 1. The van der Waals surface area contributed by atoms with Crippen molar-refractivity contribution >= 4 is 17.4 Å². The van der Waals surface area contributed by atoms with Gasteiger partial charge in [-0.2, -0.15) is 0 Å². The number of hydrogen-bond acceptors (Lipinski definition) is 4. The predicted molar refractivity (Wildman–Crippen MR) is 105 cm³/mol. The molecule has 1 fully saturated rings. The molecule has 1 aliphatic rings. The maximum atomic E-state index is 11.9. The molecular formula is C21H18N2O2S. The average Bonchev–Trinajstić information content (AvgIpc) is 2.67. The highest BCUT2D eigenvalue weighted by Gasteiger charge is 2.57. The van der Waals surface area contributed by atoms with Crippen molar-refractivity contribution in [2.75, 3.05) is 4.90 Å². The highest BCUT2D eigenvalue weighted by molar-refractivity contribution is 8.00. The van der Waals surface area contributed by atoms with E-state index in [1.807, 2.05) is 91.0 Å². The van der Waals surface area contributed by atoms with Crippen molar-refractivity contribution in [2.24, 2.45) is 0 Å². The van der Waals surface area contributed by atoms with Crippen LogP contribution in [-0.2, 0) is 0 Å². The van der Waals surface area contributed by atoms with Crippen LogP contribution in [-0.4, -0.2) is 16.3 Å². The summed E-state index contributed by atoms with van der Waals surface area (Å²) in [5.41, 5.74) is 1.98. The Morgan fingerprint density at radius 2 is 1.35 bits per heavy atom. The molecule has 0 N–H and O–H groups in total. The van der Waals surface area contributed by atoms with Crippen LogP contribution in [0.2, 0.25) is 0 Å². The first-order chi connectivity index (χ1) is 12.8. The summed E-state index contributed by atoms with van der Waals surface area (Å²) in [6.07, 6.45) is 0. The fourth-order valence-electron chi connectivity index (χ4n) is 3.44. The van der Waals surface area contributed by atoms with E-state index in [1.165, 1.54) is 0 Å². The van der Waals surface area contributed by atoms with Gasteiger partial charge in [-0.1, -0.05) is 78.5 Å². The average molecular weight is 362 g/mol. The quantitative estimate of drug-likeness (QED) is 0.473. The number of hydrogen-bond donors (Lipinski definition) is 0. The van der Waals surface area contributed by atoms with E-state index < -0.39 is 6.04 Å². The summed E-state index contributed by atoms with van der Waals surface area (Å²) in [4.78, 5) is 15.0. The van der Waals surface area contributed by atoms with Crippen molar-refractivity contribution in [3.05, 3.63) is 107 Å². The van der Waals surface area contributed by atoms with Crippen molar-refractivity contribution < 1.29 is 4.92 Å². The second kappa shape index (κ2) is 7.22. The topological polar surface area (TPSA) is 46.4 Å². The maximum Gasteiger partial charge on any atom is 0.266 e. The van der Waals surface area contributed by atoms with Crippen LogP contribution in [0.1, 0.15) is 11.6 Å². The molecule has 0 spiro atoms. The monoisotopic (exact) mass is 362 g/mol. The minimum atomic E-state index is -0.664. The minimum Gasteiger partial charge on any atom is -0.339 e. The number of thioether (sulfide) groups is 1. The van der Waals surface area contributed by atoms with Crippen LogP contribution in [0.4, 0.5) is 5.69 Å². The van der Waals surface area contributed by atoms with Gasteiger partial charge in [0.15, 0.2) is 5.37 Å². The van der Waals surface area contributed by atoms with Crippen molar-refractivity contribution in [1.29, 1.82) is 0 Å². The van der Waals surface area contributed by atoms with Crippen LogP contribution >= 0.6 is 11.8 Å². The Morgan fingerprint density at radius 1 is 0.808 bits per heavy atom. The van der Waals surface area contributed by atoms with Crippen LogP contribution in [0, 0.1) is 10.1 Å². The van der Waals surface area contributed by atoms with Crippen molar-refractivity contribution in [3.8, 4) is 0 Å². The van der Waals surface area contributed by atoms with E-state index in [0.717, 1.165) is 16.1 Å². The van der Waals surface area contributed by atoms with Gasteiger partial charge in [-0.3, -0.25) is 10.1 Å². The molecule has 1 heterocycles. The first-order valence-electron chi connectivity index (χ1n) is 8.49. The zero-order chi connectivity index (χ0) is 17.9. The van der Waals surface area contributed by atoms with Crippen LogP contribution in [0.15, 0.2) is 95.9 Å². The molecule has 1 saturated heterocycles. The number of rotatable bonds is 5. The third-order valence-corrected chi connectivity index (χ3v) is 5.92. The maximum absolute atomic E-state index is 11.9. The lowest BCUT2D eigenvalue weighted by molar-refractivity contribution is -0.537. The molecule has 0 radical (unpaired) electrons. The van der Waals surface area contributed by atoms with Crippen LogP contribution in [0.5, 0.6) is 0 Å². The van der Waals surface area contributed by atoms with E-state index in [0.29, 0.717) is 0 Å². The van der Waals surface area contributed by atoms with E-state index >= 15 is 0 Å². The summed E-state index contributed by atoms with van der Waals surface area (Å²) >= 11 is 1.55. The zero-order valence-electron chi connectivity index (χ0n) is 14.0. The van der Waals surface area contributed by atoms with Crippen molar-refractivity contribution in [2.45, 2.75) is 22.4 Å². The van der Waals surface area contributed by atoms with Gasteiger partial charge in [-0.25, -0.2) is 0 Å². The van der Waals surface area contributed by atoms with Crippen LogP contribution < -0.4 is 4.90 Å². The van der Waals surface area contributed by atoms with E-state index in [2.05, 4.69) is 4.90 Å². The van der Waals surface area contributed by atoms with Gasteiger partial charge in [0.1, 0.15) is 6.04 Å². The lowest BCUT2D eigenvalue weighted by Gasteiger charge is -2.51. The summed E-state index contributed by atoms with van der Waals surface area (Å²) in [7, 11) is 0.